The molecule has 0 atom stereocenters. The monoisotopic (exact) mass is 247 g/mol. The molecule has 17 heavy (non-hydrogen) atoms. The maximum atomic E-state index is 11.2. The van der Waals surface area contributed by atoms with Gasteiger partial charge in [-0.25, -0.2) is 4.98 Å². The summed E-state index contributed by atoms with van der Waals surface area (Å²) in [4.78, 5) is 15.4. The van der Waals surface area contributed by atoms with Gasteiger partial charge < -0.3 is 15.8 Å². The summed E-state index contributed by atoms with van der Waals surface area (Å²) in [7, 11) is 0. The fraction of sp³-hybridized carbons (Fsp3) is 0.0909. The van der Waals surface area contributed by atoms with Crippen LogP contribution in [-0.4, -0.2) is 17.5 Å². The average Bonchev–Trinajstić information content (AvgIpc) is 2.75. The van der Waals surface area contributed by atoms with Crippen molar-refractivity contribution in [2.75, 3.05) is 17.7 Å². The Bertz CT molecular complexity index is 594. The van der Waals surface area contributed by atoms with Crippen LogP contribution < -0.4 is 15.8 Å². The second-order valence-electron chi connectivity index (χ2n) is 3.63. The van der Waals surface area contributed by atoms with E-state index in [0.29, 0.717) is 17.3 Å². The molecule has 0 radical (unpaired) electrons. The molecule has 6 heteroatoms. The van der Waals surface area contributed by atoms with E-state index in [-0.39, 0.29) is 12.5 Å². The number of nitrogens with one attached hydrogen (secondary N) is 1. The van der Waals surface area contributed by atoms with Gasteiger partial charge in [0, 0.05) is 10.9 Å². The lowest BCUT2D eigenvalue weighted by molar-refractivity contribution is -0.118. The molecule has 1 aromatic heterocycles. The highest BCUT2D eigenvalue weighted by molar-refractivity contribution is 7.13. The number of carbonyl (C=O) groups excluding carboxylic acids is 1. The second-order valence-corrected chi connectivity index (χ2v) is 4.48. The van der Waals surface area contributed by atoms with Gasteiger partial charge in [0.2, 0.25) is 0 Å². The van der Waals surface area contributed by atoms with Crippen molar-refractivity contribution < 1.29 is 9.53 Å². The molecule has 0 saturated heterocycles. The van der Waals surface area contributed by atoms with Gasteiger partial charge in [0.05, 0.1) is 5.69 Å². The van der Waals surface area contributed by atoms with Gasteiger partial charge >= 0.3 is 0 Å². The zero-order chi connectivity index (χ0) is 11.8. The summed E-state index contributed by atoms with van der Waals surface area (Å²) in [5.41, 5.74) is 7.17. The molecule has 3 rings (SSSR count). The van der Waals surface area contributed by atoms with Crippen LogP contribution in [0.3, 0.4) is 0 Å². The van der Waals surface area contributed by atoms with E-state index in [9.17, 15) is 4.79 Å². The largest absolute Gasteiger partial charge is 0.482 e. The molecule has 0 unspecified atom stereocenters. The molecule has 0 saturated carbocycles. The molecule has 0 bridgehead atoms. The first-order valence-electron chi connectivity index (χ1n) is 5.00. The van der Waals surface area contributed by atoms with Gasteiger partial charge in [-0.3, -0.25) is 4.79 Å². The van der Waals surface area contributed by atoms with Crippen molar-refractivity contribution in [2.45, 2.75) is 0 Å². The zero-order valence-corrected chi connectivity index (χ0v) is 9.58. The molecule has 2 heterocycles. The lowest BCUT2D eigenvalue weighted by atomic mass is 10.2. The van der Waals surface area contributed by atoms with Crippen molar-refractivity contribution in [3.63, 3.8) is 0 Å². The highest BCUT2D eigenvalue weighted by Gasteiger charge is 2.16. The molecule has 0 spiro atoms. The summed E-state index contributed by atoms with van der Waals surface area (Å²) < 4.78 is 5.28. The molecule has 0 aliphatic carbocycles. The molecule has 2 aromatic rings. The quantitative estimate of drug-likeness (QED) is 0.804. The van der Waals surface area contributed by atoms with Gasteiger partial charge in [-0.1, -0.05) is 0 Å². The number of nitrogens with two attached hydrogens (primary N) is 1. The molecular formula is C11H9N3O2S. The number of hydrogen-bond donors (Lipinski definition) is 2. The van der Waals surface area contributed by atoms with Crippen LogP contribution in [0.5, 0.6) is 5.75 Å². The van der Waals surface area contributed by atoms with Crippen LogP contribution in [0.25, 0.3) is 10.6 Å². The Kier molecular flexibility index (Phi) is 2.22. The van der Waals surface area contributed by atoms with Gasteiger partial charge in [-0.15, -0.1) is 11.3 Å². The highest BCUT2D eigenvalue weighted by Crippen LogP contribution is 2.33. The maximum Gasteiger partial charge on any atom is 0.262 e. The van der Waals surface area contributed by atoms with E-state index in [2.05, 4.69) is 10.3 Å². The molecule has 5 nitrogen and oxygen atoms in total. The summed E-state index contributed by atoms with van der Waals surface area (Å²) in [5.74, 6) is 1.04. The number of ether oxygens (including phenoxy) is 1. The number of fused-ring (bicyclic) bond motifs is 1. The molecule has 1 aliphatic rings. The van der Waals surface area contributed by atoms with E-state index >= 15 is 0 Å². The first-order chi connectivity index (χ1) is 8.22. The van der Waals surface area contributed by atoms with Crippen molar-refractivity contribution in [1.82, 2.24) is 4.98 Å². The lowest BCUT2D eigenvalue weighted by Gasteiger charge is -2.18. The van der Waals surface area contributed by atoms with E-state index in [1.54, 1.807) is 5.38 Å². The Balaban J connectivity index is 2.03. The topological polar surface area (TPSA) is 77.2 Å². The number of aromatic nitrogens is 1. The third kappa shape index (κ3) is 1.83. The standard InChI is InChI=1S/C11H9N3O2S/c12-9-5-17-11(14-9)6-1-2-8-7(3-6)13-10(15)4-16-8/h1-3,5H,4,12H2,(H,13,15). The summed E-state index contributed by atoms with van der Waals surface area (Å²) in [5, 5.41) is 5.36. The van der Waals surface area contributed by atoms with E-state index in [1.807, 2.05) is 18.2 Å². The number of anilines is 2. The molecule has 1 amide bonds. The predicted octanol–water partition coefficient (Wildman–Crippen LogP) is 1.72. The second kappa shape index (κ2) is 3.74. The fourth-order valence-corrected chi connectivity index (χ4v) is 2.34. The minimum absolute atomic E-state index is 0.0660. The van der Waals surface area contributed by atoms with Crippen LogP contribution >= 0.6 is 11.3 Å². The van der Waals surface area contributed by atoms with Crippen LogP contribution in [-0.2, 0) is 4.79 Å². The van der Waals surface area contributed by atoms with Crippen LogP contribution in [0.4, 0.5) is 11.5 Å². The van der Waals surface area contributed by atoms with Gasteiger partial charge in [0.1, 0.15) is 16.6 Å². The summed E-state index contributed by atoms with van der Waals surface area (Å²) in [6.45, 7) is 0.0660. The number of amides is 1. The minimum Gasteiger partial charge on any atom is -0.482 e. The molecular weight excluding hydrogens is 238 g/mol. The van der Waals surface area contributed by atoms with Gasteiger partial charge in [-0.2, -0.15) is 0 Å². The number of benzene rings is 1. The smallest absolute Gasteiger partial charge is 0.262 e. The normalized spacial score (nSPS) is 13.8. The zero-order valence-electron chi connectivity index (χ0n) is 8.77. The van der Waals surface area contributed by atoms with E-state index in [1.165, 1.54) is 11.3 Å². The molecule has 86 valence electrons. The van der Waals surface area contributed by atoms with Gasteiger partial charge in [0.25, 0.3) is 5.91 Å². The number of nitrogens with zero attached hydrogens (tertiary/aromatic N) is 1. The predicted molar refractivity (Wildman–Crippen MR) is 66.1 cm³/mol. The summed E-state index contributed by atoms with van der Waals surface area (Å²) in [6, 6.07) is 5.56. The minimum atomic E-state index is -0.145. The average molecular weight is 247 g/mol. The summed E-state index contributed by atoms with van der Waals surface area (Å²) >= 11 is 1.46. The van der Waals surface area contributed by atoms with Crippen molar-refractivity contribution >= 4 is 28.7 Å². The van der Waals surface area contributed by atoms with Crippen LogP contribution in [0.15, 0.2) is 23.6 Å². The Morgan fingerprint density at radius 3 is 3.12 bits per heavy atom. The Morgan fingerprint density at radius 2 is 2.35 bits per heavy atom. The van der Waals surface area contributed by atoms with E-state index in [0.717, 1.165) is 10.6 Å². The molecule has 3 N–H and O–H groups in total. The lowest BCUT2D eigenvalue weighted by Crippen LogP contribution is -2.25. The summed E-state index contributed by atoms with van der Waals surface area (Å²) in [6.07, 6.45) is 0. The fourth-order valence-electron chi connectivity index (χ4n) is 1.63. The highest BCUT2D eigenvalue weighted by atomic mass is 32.1. The van der Waals surface area contributed by atoms with Crippen molar-refractivity contribution in [1.29, 1.82) is 0 Å². The Labute approximate surface area is 101 Å². The first-order valence-corrected chi connectivity index (χ1v) is 5.88. The van der Waals surface area contributed by atoms with Crippen LogP contribution in [0, 0.1) is 0 Å². The SMILES string of the molecule is Nc1csc(-c2ccc3c(c2)NC(=O)CO3)n1. The molecule has 0 fully saturated rings. The molecule has 1 aliphatic heterocycles. The Morgan fingerprint density at radius 1 is 1.47 bits per heavy atom. The third-order valence-electron chi connectivity index (χ3n) is 2.38. The van der Waals surface area contributed by atoms with Crippen LogP contribution in [0.2, 0.25) is 0 Å². The Hall–Kier alpha value is -2.08. The number of nitrogen functional groups attached to an aromatic ring is 1. The van der Waals surface area contributed by atoms with Crippen molar-refractivity contribution in [2.24, 2.45) is 0 Å². The van der Waals surface area contributed by atoms with Crippen LogP contribution in [0.1, 0.15) is 0 Å². The van der Waals surface area contributed by atoms with Gasteiger partial charge in [0.15, 0.2) is 6.61 Å². The van der Waals surface area contributed by atoms with Crippen molar-refractivity contribution in [3.8, 4) is 16.3 Å². The van der Waals surface area contributed by atoms with Crippen molar-refractivity contribution in [3.05, 3.63) is 23.6 Å². The maximum absolute atomic E-state index is 11.2. The van der Waals surface area contributed by atoms with E-state index in [4.69, 9.17) is 10.5 Å². The third-order valence-corrected chi connectivity index (χ3v) is 3.29. The first kappa shape index (κ1) is 10.1. The number of hydrogen-bond acceptors (Lipinski definition) is 5. The molecule has 1 aromatic carbocycles. The number of carbonyl (C=O) groups is 1. The van der Waals surface area contributed by atoms with E-state index < -0.39 is 0 Å². The number of thiazole rings is 1. The number of rotatable bonds is 1. The van der Waals surface area contributed by atoms with Gasteiger partial charge in [-0.05, 0) is 18.2 Å².